The van der Waals surface area contributed by atoms with E-state index in [9.17, 15) is 13.2 Å². The van der Waals surface area contributed by atoms with Crippen molar-refractivity contribution < 1.29 is 18.3 Å². The first-order valence-corrected chi connectivity index (χ1v) is 5.42. The Morgan fingerprint density at radius 3 is 1.73 bits per heavy atom. The normalized spacial score (nSPS) is 14.6. The highest BCUT2D eigenvalue weighted by molar-refractivity contribution is 4.68. The molecule has 0 aliphatic heterocycles. The van der Waals surface area contributed by atoms with E-state index in [2.05, 4.69) is 0 Å². The third kappa shape index (κ3) is 5.99. The molecule has 0 aliphatic rings. The lowest BCUT2D eigenvalue weighted by Gasteiger charge is -2.28. The average molecular weight is 227 g/mol. The van der Waals surface area contributed by atoms with Crippen molar-refractivity contribution in [1.29, 1.82) is 0 Å². The Labute approximate surface area is 89.1 Å². The number of alkyl halides is 3. The fraction of sp³-hybridized carbons (Fsp3) is 1.00. The average Bonchev–Trinajstić information content (AvgIpc) is 2.16. The highest BCUT2D eigenvalue weighted by Gasteiger charge is 2.41. The number of halogens is 3. The van der Waals surface area contributed by atoms with Gasteiger partial charge in [0.15, 0.2) is 0 Å². The summed E-state index contributed by atoms with van der Waals surface area (Å²) in [4.78, 5) is 1.10. The molecule has 0 aliphatic carbocycles. The lowest BCUT2D eigenvalue weighted by molar-refractivity contribution is -0.250. The first-order chi connectivity index (χ1) is 6.93. The SMILES string of the molecule is CCCCN(CCCC)C(O)C(F)(F)F. The van der Waals surface area contributed by atoms with Crippen LogP contribution in [0, 0.1) is 0 Å². The van der Waals surface area contributed by atoms with Gasteiger partial charge < -0.3 is 5.11 Å². The molecule has 92 valence electrons. The Bertz CT molecular complexity index is 153. The number of hydrogen-bond donors (Lipinski definition) is 1. The maximum Gasteiger partial charge on any atom is 0.428 e. The van der Waals surface area contributed by atoms with E-state index >= 15 is 0 Å². The molecule has 1 atom stereocenters. The van der Waals surface area contributed by atoms with Crippen LogP contribution < -0.4 is 0 Å². The minimum Gasteiger partial charge on any atom is -0.370 e. The van der Waals surface area contributed by atoms with E-state index in [1.807, 2.05) is 13.8 Å². The van der Waals surface area contributed by atoms with Crippen LogP contribution in [0.3, 0.4) is 0 Å². The van der Waals surface area contributed by atoms with Crippen LogP contribution in [0.4, 0.5) is 13.2 Å². The van der Waals surface area contributed by atoms with Gasteiger partial charge in [0.05, 0.1) is 0 Å². The number of unbranched alkanes of at least 4 members (excludes halogenated alkanes) is 2. The molecule has 0 bridgehead atoms. The van der Waals surface area contributed by atoms with E-state index in [1.165, 1.54) is 0 Å². The van der Waals surface area contributed by atoms with Gasteiger partial charge in [-0.15, -0.1) is 0 Å². The van der Waals surface area contributed by atoms with Gasteiger partial charge in [-0.05, 0) is 12.8 Å². The van der Waals surface area contributed by atoms with Crippen LogP contribution in [-0.4, -0.2) is 35.5 Å². The van der Waals surface area contributed by atoms with Gasteiger partial charge in [-0.1, -0.05) is 26.7 Å². The predicted octanol–water partition coefficient (Wildman–Crippen LogP) is 2.77. The molecule has 1 unspecified atom stereocenters. The van der Waals surface area contributed by atoms with Gasteiger partial charge in [0.2, 0.25) is 6.23 Å². The molecule has 0 saturated heterocycles. The molecule has 0 spiro atoms. The molecule has 5 heteroatoms. The summed E-state index contributed by atoms with van der Waals surface area (Å²) >= 11 is 0. The second kappa shape index (κ2) is 7.06. The largest absolute Gasteiger partial charge is 0.428 e. The monoisotopic (exact) mass is 227 g/mol. The fourth-order valence-corrected chi connectivity index (χ4v) is 1.29. The van der Waals surface area contributed by atoms with Gasteiger partial charge >= 0.3 is 6.18 Å². The number of rotatable bonds is 7. The fourth-order valence-electron chi connectivity index (χ4n) is 1.29. The van der Waals surface area contributed by atoms with Gasteiger partial charge in [-0.3, -0.25) is 4.90 Å². The quantitative estimate of drug-likeness (QED) is 0.676. The van der Waals surface area contributed by atoms with E-state index in [1.54, 1.807) is 0 Å². The van der Waals surface area contributed by atoms with Gasteiger partial charge in [0, 0.05) is 13.1 Å². The molecule has 0 aromatic carbocycles. The van der Waals surface area contributed by atoms with Gasteiger partial charge in [0.25, 0.3) is 0 Å². The molecular formula is C10H20F3NO. The van der Waals surface area contributed by atoms with Crippen LogP contribution >= 0.6 is 0 Å². The van der Waals surface area contributed by atoms with Crippen LogP contribution in [0.25, 0.3) is 0 Å². The molecule has 0 rings (SSSR count). The Balaban J connectivity index is 4.20. The van der Waals surface area contributed by atoms with Crippen LogP contribution in [0.15, 0.2) is 0 Å². The Morgan fingerprint density at radius 2 is 1.47 bits per heavy atom. The number of nitrogens with zero attached hydrogens (tertiary/aromatic N) is 1. The van der Waals surface area contributed by atoms with E-state index in [-0.39, 0.29) is 0 Å². The van der Waals surface area contributed by atoms with Crippen LogP contribution in [0.5, 0.6) is 0 Å². The second-order valence-corrected chi connectivity index (χ2v) is 3.66. The first kappa shape index (κ1) is 14.7. The molecule has 0 amide bonds. The second-order valence-electron chi connectivity index (χ2n) is 3.66. The van der Waals surface area contributed by atoms with Crippen molar-refractivity contribution in [3.63, 3.8) is 0 Å². The molecule has 0 aromatic rings. The number of aliphatic hydroxyl groups excluding tert-OH is 1. The molecular weight excluding hydrogens is 207 g/mol. The predicted molar refractivity (Wildman–Crippen MR) is 53.5 cm³/mol. The third-order valence-corrected chi connectivity index (χ3v) is 2.24. The van der Waals surface area contributed by atoms with Gasteiger partial charge in [0.1, 0.15) is 0 Å². The van der Waals surface area contributed by atoms with Crippen LogP contribution in [0.2, 0.25) is 0 Å². The summed E-state index contributed by atoms with van der Waals surface area (Å²) < 4.78 is 36.8. The van der Waals surface area contributed by atoms with Gasteiger partial charge in [-0.25, -0.2) is 0 Å². The molecule has 1 N–H and O–H groups in total. The van der Waals surface area contributed by atoms with E-state index in [0.29, 0.717) is 25.9 Å². The molecule has 0 radical (unpaired) electrons. The van der Waals surface area contributed by atoms with E-state index in [0.717, 1.165) is 17.7 Å². The lowest BCUT2D eigenvalue weighted by atomic mass is 10.2. The van der Waals surface area contributed by atoms with E-state index < -0.39 is 12.4 Å². The molecule has 15 heavy (non-hydrogen) atoms. The van der Waals surface area contributed by atoms with Gasteiger partial charge in [-0.2, -0.15) is 13.2 Å². The van der Waals surface area contributed by atoms with Crippen LogP contribution in [-0.2, 0) is 0 Å². The maximum absolute atomic E-state index is 12.3. The molecule has 0 aromatic heterocycles. The summed E-state index contributed by atoms with van der Waals surface area (Å²) in [5.74, 6) is 0. The molecule has 0 heterocycles. The summed E-state index contributed by atoms with van der Waals surface area (Å²) in [5.41, 5.74) is 0. The van der Waals surface area contributed by atoms with Crippen molar-refractivity contribution in [2.75, 3.05) is 13.1 Å². The topological polar surface area (TPSA) is 23.5 Å². The molecule has 0 saturated carbocycles. The zero-order valence-corrected chi connectivity index (χ0v) is 9.35. The minimum atomic E-state index is -4.54. The van der Waals surface area contributed by atoms with Crippen molar-refractivity contribution in [1.82, 2.24) is 4.90 Å². The van der Waals surface area contributed by atoms with Crippen molar-refractivity contribution >= 4 is 0 Å². The van der Waals surface area contributed by atoms with Crippen molar-refractivity contribution in [3.8, 4) is 0 Å². The Hall–Kier alpha value is -0.290. The third-order valence-electron chi connectivity index (χ3n) is 2.24. The summed E-state index contributed by atoms with van der Waals surface area (Å²) in [7, 11) is 0. The van der Waals surface area contributed by atoms with Crippen molar-refractivity contribution in [3.05, 3.63) is 0 Å². The first-order valence-electron chi connectivity index (χ1n) is 5.42. The highest BCUT2D eigenvalue weighted by Crippen LogP contribution is 2.23. The van der Waals surface area contributed by atoms with Crippen molar-refractivity contribution in [2.24, 2.45) is 0 Å². The smallest absolute Gasteiger partial charge is 0.370 e. The van der Waals surface area contributed by atoms with Crippen molar-refractivity contribution in [2.45, 2.75) is 51.9 Å². The molecule has 0 fully saturated rings. The summed E-state index contributed by atoms with van der Waals surface area (Å²) in [5, 5.41) is 9.10. The zero-order chi connectivity index (χ0) is 11.9. The van der Waals surface area contributed by atoms with E-state index in [4.69, 9.17) is 5.11 Å². The Morgan fingerprint density at radius 1 is 1.07 bits per heavy atom. The summed E-state index contributed by atoms with van der Waals surface area (Å²) in [6.07, 6.45) is -3.84. The lowest BCUT2D eigenvalue weighted by Crippen LogP contribution is -2.46. The number of aliphatic hydroxyl groups is 1. The maximum atomic E-state index is 12.3. The summed E-state index contributed by atoms with van der Waals surface area (Å²) in [6.45, 7) is 4.43. The summed E-state index contributed by atoms with van der Waals surface area (Å²) in [6, 6.07) is 0. The van der Waals surface area contributed by atoms with Crippen LogP contribution in [0.1, 0.15) is 39.5 Å². The molecule has 2 nitrogen and oxygen atoms in total. The standard InChI is InChI=1S/C10H20F3NO/c1-3-5-7-14(8-6-4-2)9(15)10(11,12)13/h9,15H,3-8H2,1-2H3. The number of hydrogen-bond acceptors (Lipinski definition) is 2. The highest BCUT2D eigenvalue weighted by atomic mass is 19.4. The Kier molecular flexibility index (Phi) is 6.92. The minimum absolute atomic E-state index is 0.303. The zero-order valence-electron chi connectivity index (χ0n) is 9.35.